The van der Waals surface area contributed by atoms with Gasteiger partial charge in [0, 0.05) is 6.07 Å². The molecule has 4 rings (SSSR count). The number of H-pyrrole nitrogens is 1. The van der Waals surface area contributed by atoms with Crippen LogP contribution in [0, 0.1) is 12.3 Å². The number of fused-ring (bicyclic) bond motifs is 1. The van der Waals surface area contributed by atoms with Gasteiger partial charge in [-0.05, 0) is 31.2 Å². The Balaban J connectivity index is 1.68. The van der Waals surface area contributed by atoms with Crippen LogP contribution in [-0.4, -0.2) is 45.6 Å². The molecule has 4 aromatic rings. The van der Waals surface area contributed by atoms with E-state index in [0.29, 0.717) is 44.8 Å². The number of carbonyl (C=O) groups excluding carboxylic acids is 1. The van der Waals surface area contributed by atoms with Crippen molar-refractivity contribution in [3.8, 4) is 17.2 Å². The number of anilines is 1. The highest BCUT2D eigenvalue weighted by Gasteiger charge is 2.17. The van der Waals surface area contributed by atoms with E-state index in [1.165, 1.54) is 11.8 Å². The van der Waals surface area contributed by atoms with E-state index in [1.807, 2.05) is 43.3 Å². The summed E-state index contributed by atoms with van der Waals surface area (Å²) in [5, 5.41) is 19.8. The second-order valence-corrected chi connectivity index (χ2v) is 7.79. The SMILES string of the molecule is COc1cccc(-n2c(SCC(=O)Nc3ccccc3OC)nc3[nH]nc(C)c3c2=N)c1. The molecule has 0 fully saturated rings. The van der Waals surface area contributed by atoms with E-state index >= 15 is 0 Å². The van der Waals surface area contributed by atoms with Gasteiger partial charge in [-0.3, -0.25) is 19.9 Å². The summed E-state index contributed by atoms with van der Waals surface area (Å²) in [5.74, 6) is 1.11. The highest BCUT2D eigenvalue weighted by Crippen LogP contribution is 2.26. The van der Waals surface area contributed by atoms with Gasteiger partial charge in [-0.15, -0.1) is 0 Å². The number of hydrogen-bond acceptors (Lipinski definition) is 7. The van der Waals surface area contributed by atoms with Gasteiger partial charge in [0.05, 0.1) is 42.4 Å². The molecule has 2 aromatic carbocycles. The third kappa shape index (κ3) is 4.17. The zero-order chi connectivity index (χ0) is 22.7. The zero-order valence-electron chi connectivity index (χ0n) is 17.8. The van der Waals surface area contributed by atoms with Crippen LogP contribution in [0.2, 0.25) is 0 Å². The molecule has 0 unspecified atom stereocenters. The first kappa shape index (κ1) is 21.4. The maximum atomic E-state index is 12.6. The van der Waals surface area contributed by atoms with Crippen LogP contribution < -0.4 is 20.3 Å². The molecule has 2 heterocycles. The predicted octanol–water partition coefficient (Wildman–Crippen LogP) is 3.28. The first-order chi connectivity index (χ1) is 15.5. The Morgan fingerprint density at radius 1 is 1.19 bits per heavy atom. The highest BCUT2D eigenvalue weighted by molar-refractivity contribution is 7.99. The predicted molar refractivity (Wildman–Crippen MR) is 123 cm³/mol. The van der Waals surface area contributed by atoms with Crippen molar-refractivity contribution in [3.05, 3.63) is 59.7 Å². The van der Waals surface area contributed by atoms with Crippen molar-refractivity contribution in [2.75, 3.05) is 25.3 Å². The van der Waals surface area contributed by atoms with E-state index in [1.54, 1.807) is 30.9 Å². The van der Waals surface area contributed by atoms with Crippen molar-refractivity contribution in [3.63, 3.8) is 0 Å². The Hall–Kier alpha value is -3.79. The van der Waals surface area contributed by atoms with E-state index in [4.69, 9.17) is 14.9 Å². The van der Waals surface area contributed by atoms with Crippen LogP contribution in [0.4, 0.5) is 5.69 Å². The zero-order valence-corrected chi connectivity index (χ0v) is 18.6. The monoisotopic (exact) mass is 450 g/mol. The highest BCUT2D eigenvalue weighted by atomic mass is 32.2. The number of thioether (sulfide) groups is 1. The average molecular weight is 451 g/mol. The maximum Gasteiger partial charge on any atom is 0.234 e. The fourth-order valence-corrected chi connectivity index (χ4v) is 4.10. The number of para-hydroxylation sites is 2. The molecule has 0 atom stereocenters. The Morgan fingerprint density at radius 2 is 2.00 bits per heavy atom. The van der Waals surface area contributed by atoms with Crippen LogP contribution in [0.5, 0.6) is 11.5 Å². The van der Waals surface area contributed by atoms with Crippen LogP contribution in [0.25, 0.3) is 16.7 Å². The van der Waals surface area contributed by atoms with Gasteiger partial charge in [-0.1, -0.05) is 30.0 Å². The number of benzene rings is 2. The number of carbonyl (C=O) groups is 1. The van der Waals surface area contributed by atoms with Crippen molar-refractivity contribution in [1.29, 1.82) is 5.41 Å². The molecule has 9 nitrogen and oxygen atoms in total. The van der Waals surface area contributed by atoms with Gasteiger partial charge in [0.2, 0.25) is 5.91 Å². The van der Waals surface area contributed by atoms with Crippen molar-refractivity contribution < 1.29 is 14.3 Å². The molecule has 2 aromatic heterocycles. The average Bonchev–Trinajstić information content (AvgIpc) is 3.18. The Bertz CT molecular complexity index is 1350. The maximum absolute atomic E-state index is 12.6. The molecule has 32 heavy (non-hydrogen) atoms. The minimum Gasteiger partial charge on any atom is -0.497 e. The van der Waals surface area contributed by atoms with Crippen LogP contribution >= 0.6 is 11.8 Å². The number of aryl methyl sites for hydroxylation is 1. The molecule has 0 bridgehead atoms. The molecule has 0 aliphatic heterocycles. The topological polar surface area (TPSA) is 118 Å². The van der Waals surface area contributed by atoms with Gasteiger partial charge >= 0.3 is 0 Å². The number of amides is 1. The van der Waals surface area contributed by atoms with Crippen LogP contribution in [0.15, 0.2) is 53.7 Å². The normalized spacial score (nSPS) is 10.8. The lowest BCUT2D eigenvalue weighted by molar-refractivity contribution is -0.113. The molecule has 164 valence electrons. The lowest BCUT2D eigenvalue weighted by Crippen LogP contribution is -2.23. The Labute approximate surface area is 188 Å². The van der Waals surface area contributed by atoms with Crippen LogP contribution in [0.3, 0.4) is 0 Å². The molecule has 0 aliphatic rings. The molecule has 0 spiro atoms. The fourth-order valence-electron chi connectivity index (χ4n) is 3.29. The number of rotatable bonds is 7. The third-order valence-electron chi connectivity index (χ3n) is 4.81. The van der Waals surface area contributed by atoms with Gasteiger partial charge in [0.1, 0.15) is 17.0 Å². The summed E-state index contributed by atoms with van der Waals surface area (Å²) in [6.45, 7) is 1.82. The molecular weight excluding hydrogens is 428 g/mol. The second kappa shape index (κ2) is 9.15. The summed E-state index contributed by atoms with van der Waals surface area (Å²) >= 11 is 1.22. The minimum absolute atomic E-state index is 0.0904. The molecular formula is C22H22N6O3S. The van der Waals surface area contributed by atoms with Crippen LogP contribution in [0.1, 0.15) is 5.69 Å². The van der Waals surface area contributed by atoms with Gasteiger partial charge in [-0.2, -0.15) is 5.10 Å². The van der Waals surface area contributed by atoms with Gasteiger partial charge in [0.25, 0.3) is 0 Å². The number of hydrogen-bond donors (Lipinski definition) is 3. The molecule has 0 radical (unpaired) electrons. The number of nitrogens with one attached hydrogen (secondary N) is 3. The van der Waals surface area contributed by atoms with Crippen molar-refractivity contribution in [2.45, 2.75) is 12.1 Å². The van der Waals surface area contributed by atoms with Crippen molar-refractivity contribution in [1.82, 2.24) is 19.7 Å². The summed E-state index contributed by atoms with van der Waals surface area (Å²) in [5.41, 5.74) is 2.70. The number of ether oxygens (including phenoxy) is 2. The van der Waals surface area contributed by atoms with E-state index in [0.717, 1.165) is 0 Å². The quantitative estimate of drug-likeness (QED) is 0.294. The molecule has 3 N–H and O–H groups in total. The van der Waals surface area contributed by atoms with E-state index in [2.05, 4.69) is 20.5 Å². The fraction of sp³-hybridized carbons (Fsp3) is 0.182. The third-order valence-corrected chi connectivity index (χ3v) is 5.75. The number of aromatic nitrogens is 4. The standard InChI is InChI=1S/C22H22N6O3S/c1-13-19-20(23)28(14-7-6-8-15(11-14)30-2)22(25-21(19)27-26-13)32-12-18(29)24-16-9-4-5-10-17(16)31-3/h4-11,23H,12H2,1-3H3,(H,24,29)(H,26,27). The minimum atomic E-state index is -0.217. The number of nitrogens with zero attached hydrogens (tertiary/aromatic N) is 3. The second-order valence-electron chi connectivity index (χ2n) is 6.85. The summed E-state index contributed by atoms with van der Waals surface area (Å²) in [6.07, 6.45) is 0. The van der Waals surface area contributed by atoms with Crippen LogP contribution in [-0.2, 0) is 4.79 Å². The van der Waals surface area contributed by atoms with E-state index in [-0.39, 0.29) is 17.1 Å². The van der Waals surface area contributed by atoms with Crippen molar-refractivity contribution >= 4 is 34.4 Å². The lowest BCUT2D eigenvalue weighted by Gasteiger charge is -2.14. The summed E-state index contributed by atoms with van der Waals surface area (Å²) in [4.78, 5) is 17.3. The summed E-state index contributed by atoms with van der Waals surface area (Å²) in [7, 11) is 3.14. The van der Waals surface area contributed by atoms with Gasteiger partial charge < -0.3 is 14.8 Å². The van der Waals surface area contributed by atoms with E-state index < -0.39 is 0 Å². The summed E-state index contributed by atoms with van der Waals surface area (Å²) in [6, 6.07) is 14.6. The molecule has 0 aliphatic carbocycles. The first-order valence-electron chi connectivity index (χ1n) is 9.74. The molecule has 0 saturated heterocycles. The molecule has 0 saturated carbocycles. The first-order valence-corrected chi connectivity index (χ1v) is 10.7. The lowest BCUT2D eigenvalue weighted by atomic mass is 10.2. The van der Waals surface area contributed by atoms with E-state index in [9.17, 15) is 4.79 Å². The largest absolute Gasteiger partial charge is 0.497 e. The number of methoxy groups -OCH3 is 2. The summed E-state index contributed by atoms with van der Waals surface area (Å²) < 4.78 is 12.3. The number of aromatic amines is 1. The Morgan fingerprint density at radius 3 is 2.78 bits per heavy atom. The van der Waals surface area contributed by atoms with Gasteiger partial charge in [-0.25, -0.2) is 4.98 Å². The smallest absolute Gasteiger partial charge is 0.234 e. The molecule has 10 heteroatoms. The van der Waals surface area contributed by atoms with Gasteiger partial charge in [0.15, 0.2) is 10.8 Å². The van der Waals surface area contributed by atoms with Crippen molar-refractivity contribution in [2.24, 2.45) is 0 Å². The Kier molecular flexibility index (Phi) is 6.13. The molecule has 1 amide bonds.